The van der Waals surface area contributed by atoms with Gasteiger partial charge in [0.1, 0.15) is 5.60 Å². The van der Waals surface area contributed by atoms with Crippen LogP contribution in [0.2, 0.25) is 5.02 Å². The molecule has 1 atom stereocenters. The minimum absolute atomic E-state index is 0.272. The Morgan fingerprint density at radius 3 is 2.53 bits per heavy atom. The molecule has 0 heterocycles. The van der Waals surface area contributed by atoms with Gasteiger partial charge >= 0.3 is 6.09 Å². The lowest BCUT2D eigenvalue weighted by atomic mass is 10.0. The zero-order valence-electron chi connectivity index (χ0n) is 11.1. The summed E-state index contributed by atoms with van der Waals surface area (Å²) in [5.41, 5.74) is -2.37. The van der Waals surface area contributed by atoms with Gasteiger partial charge in [0, 0.05) is 10.6 Å². The van der Waals surface area contributed by atoms with Crippen LogP contribution in [0.3, 0.4) is 0 Å². The normalized spacial score (nSPS) is 14.6. The van der Waals surface area contributed by atoms with Gasteiger partial charge in [0.05, 0.1) is 6.61 Å². The summed E-state index contributed by atoms with van der Waals surface area (Å²) >= 11 is 5.81. The number of hydrogen-bond acceptors (Lipinski definition) is 4. The Bertz CT molecular complexity index is 458. The number of amides is 1. The molecule has 1 aromatic carbocycles. The Morgan fingerprint density at radius 1 is 1.42 bits per heavy atom. The highest BCUT2D eigenvalue weighted by Gasteiger charge is 2.32. The van der Waals surface area contributed by atoms with Gasteiger partial charge in [-0.25, -0.2) is 4.79 Å². The van der Waals surface area contributed by atoms with Gasteiger partial charge in [0.2, 0.25) is 0 Å². The molecule has 1 rings (SSSR count). The minimum Gasteiger partial charge on any atom is -0.444 e. The molecule has 0 saturated carbocycles. The SMILES string of the molecule is CC(C)(C)OC(=O)NC(O)(CO)c1cccc(Cl)c1. The number of carbonyl (C=O) groups is 1. The number of ether oxygens (including phenoxy) is 1. The summed E-state index contributed by atoms with van der Waals surface area (Å²) in [6.07, 6.45) is -0.830. The van der Waals surface area contributed by atoms with Crippen molar-refractivity contribution in [3.8, 4) is 0 Å². The third-order valence-electron chi connectivity index (χ3n) is 2.24. The van der Waals surface area contributed by atoms with Gasteiger partial charge in [-0.05, 0) is 32.9 Å². The van der Waals surface area contributed by atoms with Crippen LogP contribution in [-0.4, -0.2) is 28.5 Å². The molecule has 0 aromatic heterocycles. The number of alkyl carbamates (subject to hydrolysis) is 1. The number of aliphatic hydroxyl groups is 2. The van der Waals surface area contributed by atoms with Crippen LogP contribution in [0.15, 0.2) is 24.3 Å². The molecule has 5 nitrogen and oxygen atoms in total. The van der Waals surface area contributed by atoms with Gasteiger partial charge in [-0.1, -0.05) is 23.7 Å². The molecular weight excluding hydrogens is 270 g/mol. The largest absolute Gasteiger partial charge is 0.444 e. The highest BCUT2D eigenvalue weighted by Crippen LogP contribution is 2.22. The van der Waals surface area contributed by atoms with Crippen LogP contribution in [0.1, 0.15) is 26.3 Å². The van der Waals surface area contributed by atoms with Crippen LogP contribution >= 0.6 is 11.6 Å². The van der Waals surface area contributed by atoms with Crippen molar-refractivity contribution in [1.82, 2.24) is 5.32 Å². The lowest BCUT2D eigenvalue weighted by Crippen LogP contribution is -2.50. The lowest BCUT2D eigenvalue weighted by Gasteiger charge is -2.29. The molecule has 6 heteroatoms. The first-order valence-corrected chi connectivity index (χ1v) is 6.14. The second-order valence-corrected chi connectivity index (χ2v) is 5.59. The first-order chi connectivity index (χ1) is 8.66. The monoisotopic (exact) mass is 287 g/mol. The minimum atomic E-state index is -1.94. The van der Waals surface area contributed by atoms with Crippen LogP contribution < -0.4 is 5.32 Å². The summed E-state index contributed by atoms with van der Waals surface area (Å²) in [5, 5.41) is 22.2. The molecule has 1 aromatic rings. The van der Waals surface area contributed by atoms with Crippen LogP contribution in [0.4, 0.5) is 4.79 Å². The maximum absolute atomic E-state index is 11.7. The van der Waals surface area contributed by atoms with E-state index >= 15 is 0 Å². The number of nitrogens with one attached hydrogen (secondary N) is 1. The molecule has 0 aliphatic carbocycles. The van der Waals surface area contributed by atoms with Crippen molar-refractivity contribution >= 4 is 17.7 Å². The number of rotatable bonds is 3. The van der Waals surface area contributed by atoms with Crippen LogP contribution in [0.5, 0.6) is 0 Å². The van der Waals surface area contributed by atoms with Crippen LogP contribution in [0, 0.1) is 0 Å². The Kier molecular flexibility index (Phi) is 4.79. The van der Waals surface area contributed by atoms with E-state index in [1.54, 1.807) is 39.0 Å². The fourth-order valence-electron chi connectivity index (χ4n) is 1.42. The predicted octanol–water partition coefficient (Wildman–Crippen LogP) is 2.00. The molecule has 106 valence electrons. The molecule has 0 radical (unpaired) electrons. The van der Waals surface area contributed by atoms with E-state index in [2.05, 4.69) is 5.32 Å². The average Bonchev–Trinajstić information content (AvgIpc) is 2.26. The van der Waals surface area contributed by atoms with Crippen LogP contribution in [0.25, 0.3) is 0 Å². The highest BCUT2D eigenvalue weighted by atomic mass is 35.5. The molecule has 0 aliphatic rings. The summed E-state index contributed by atoms with van der Waals surface area (Å²) in [6.45, 7) is 4.39. The Balaban J connectivity index is 2.90. The average molecular weight is 288 g/mol. The van der Waals surface area contributed by atoms with E-state index < -0.39 is 24.0 Å². The van der Waals surface area contributed by atoms with Gasteiger partial charge < -0.3 is 14.9 Å². The van der Waals surface area contributed by atoms with Crippen molar-refractivity contribution < 1.29 is 19.7 Å². The standard InChI is InChI=1S/C13H18ClNO4/c1-12(2,3)19-11(17)15-13(18,8-16)9-5-4-6-10(14)7-9/h4-7,16,18H,8H2,1-3H3,(H,15,17). The zero-order chi connectivity index (χ0) is 14.7. The molecule has 1 unspecified atom stereocenters. The van der Waals surface area contributed by atoms with Gasteiger partial charge in [0.15, 0.2) is 5.72 Å². The van der Waals surface area contributed by atoms with E-state index in [4.69, 9.17) is 16.3 Å². The number of halogens is 1. The topological polar surface area (TPSA) is 78.8 Å². The van der Waals surface area contributed by atoms with Crippen molar-refractivity contribution in [3.05, 3.63) is 34.9 Å². The van der Waals surface area contributed by atoms with E-state index in [1.165, 1.54) is 6.07 Å². The summed E-state index contributed by atoms with van der Waals surface area (Å²) in [6, 6.07) is 6.22. The third kappa shape index (κ3) is 4.70. The number of carbonyl (C=O) groups excluding carboxylic acids is 1. The molecular formula is C13H18ClNO4. The fourth-order valence-corrected chi connectivity index (χ4v) is 1.61. The second-order valence-electron chi connectivity index (χ2n) is 5.16. The summed E-state index contributed by atoms with van der Waals surface area (Å²) in [5.74, 6) is 0. The van der Waals surface area contributed by atoms with Gasteiger partial charge in [-0.15, -0.1) is 0 Å². The number of benzene rings is 1. The quantitative estimate of drug-likeness (QED) is 0.743. The van der Waals surface area contributed by atoms with Crippen molar-refractivity contribution in [2.45, 2.75) is 32.1 Å². The number of hydrogen-bond donors (Lipinski definition) is 3. The van der Waals surface area contributed by atoms with E-state index in [0.29, 0.717) is 5.02 Å². The predicted molar refractivity (Wildman–Crippen MR) is 71.8 cm³/mol. The molecule has 1 amide bonds. The molecule has 0 aliphatic heterocycles. The van der Waals surface area contributed by atoms with Gasteiger partial charge in [0.25, 0.3) is 0 Å². The Labute approximate surface area is 117 Å². The van der Waals surface area contributed by atoms with Gasteiger partial charge in [-0.2, -0.15) is 0 Å². The first-order valence-electron chi connectivity index (χ1n) is 5.77. The zero-order valence-corrected chi connectivity index (χ0v) is 11.9. The van der Waals surface area contributed by atoms with Gasteiger partial charge in [-0.3, -0.25) is 5.32 Å². The summed E-state index contributed by atoms with van der Waals surface area (Å²) in [7, 11) is 0. The van der Waals surface area contributed by atoms with E-state index in [0.717, 1.165) is 0 Å². The van der Waals surface area contributed by atoms with E-state index in [1.807, 2.05) is 0 Å². The van der Waals surface area contributed by atoms with E-state index in [-0.39, 0.29) is 5.56 Å². The molecule has 19 heavy (non-hydrogen) atoms. The summed E-state index contributed by atoms with van der Waals surface area (Å²) in [4.78, 5) is 11.7. The van der Waals surface area contributed by atoms with Crippen molar-refractivity contribution in [3.63, 3.8) is 0 Å². The van der Waals surface area contributed by atoms with E-state index in [9.17, 15) is 15.0 Å². The van der Waals surface area contributed by atoms with Crippen molar-refractivity contribution in [1.29, 1.82) is 0 Å². The van der Waals surface area contributed by atoms with Crippen molar-refractivity contribution in [2.24, 2.45) is 0 Å². The molecule has 0 fully saturated rings. The number of aliphatic hydroxyl groups excluding tert-OH is 1. The lowest BCUT2D eigenvalue weighted by molar-refractivity contribution is -0.0539. The van der Waals surface area contributed by atoms with Crippen LogP contribution in [-0.2, 0) is 10.5 Å². The maximum atomic E-state index is 11.7. The molecule has 0 saturated heterocycles. The fraction of sp³-hybridized carbons (Fsp3) is 0.462. The Morgan fingerprint density at radius 2 is 2.05 bits per heavy atom. The maximum Gasteiger partial charge on any atom is 0.410 e. The molecule has 0 spiro atoms. The molecule has 0 bridgehead atoms. The Hall–Kier alpha value is -1.30. The molecule has 3 N–H and O–H groups in total. The highest BCUT2D eigenvalue weighted by molar-refractivity contribution is 6.30. The second kappa shape index (κ2) is 5.77. The smallest absolute Gasteiger partial charge is 0.410 e. The summed E-state index contributed by atoms with van der Waals surface area (Å²) < 4.78 is 5.03. The third-order valence-corrected chi connectivity index (χ3v) is 2.47. The van der Waals surface area contributed by atoms with Crippen molar-refractivity contribution in [2.75, 3.05) is 6.61 Å². The first kappa shape index (κ1) is 15.8.